The molecule has 1 aromatic rings. The molecule has 1 aromatic carbocycles. The van der Waals surface area contributed by atoms with Crippen LogP contribution in [0.1, 0.15) is 12.5 Å². The van der Waals surface area contributed by atoms with E-state index in [-0.39, 0.29) is 18.9 Å². The largest absolute Gasteiger partial charge is 0.445 e. The van der Waals surface area contributed by atoms with Gasteiger partial charge in [0.2, 0.25) is 0 Å². The Hall–Kier alpha value is -2.10. The van der Waals surface area contributed by atoms with Crippen LogP contribution in [0.15, 0.2) is 43.0 Å². The van der Waals surface area contributed by atoms with Gasteiger partial charge in [0, 0.05) is 6.54 Å². The number of hydrogen-bond acceptors (Lipinski definition) is 3. The number of hydrogen-bond donors (Lipinski definition) is 0. The lowest BCUT2D eigenvalue weighted by atomic mass is 10.2. The SMILES string of the molecule is C=CCN(CC(C)=O)C(=O)OCc1ccccc1. The topological polar surface area (TPSA) is 46.6 Å². The van der Waals surface area contributed by atoms with Crippen LogP contribution >= 0.6 is 0 Å². The van der Waals surface area contributed by atoms with E-state index in [1.165, 1.54) is 11.8 Å². The summed E-state index contributed by atoms with van der Waals surface area (Å²) in [6.45, 7) is 5.52. The fourth-order valence-electron chi connectivity index (χ4n) is 1.44. The summed E-state index contributed by atoms with van der Waals surface area (Å²) in [5.74, 6) is -0.0893. The molecule has 1 amide bonds. The van der Waals surface area contributed by atoms with Crippen molar-refractivity contribution in [1.82, 2.24) is 4.90 Å². The van der Waals surface area contributed by atoms with Crippen LogP contribution in [0.2, 0.25) is 0 Å². The normalized spacial score (nSPS) is 9.61. The van der Waals surface area contributed by atoms with Crippen molar-refractivity contribution in [3.05, 3.63) is 48.6 Å². The monoisotopic (exact) mass is 247 g/mol. The van der Waals surface area contributed by atoms with Crippen LogP contribution in [0.5, 0.6) is 0 Å². The molecule has 96 valence electrons. The first kappa shape index (κ1) is 14.0. The van der Waals surface area contributed by atoms with Crippen LogP contribution in [0.4, 0.5) is 4.79 Å². The van der Waals surface area contributed by atoms with Gasteiger partial charge in [0.15, 0.2) is 0 Å². The third kappa shape index (κ3) is 4.82. The molecule has 0 atom stereocenters. The second-order valence-electron chi connectivity index (χ2n) is 3.91. The van der Waals surface area contributed by atoms with E-state index in [1.54, 1.807) is 6.08 Å². The molecule has 0 N–H and O–H groups in total. The molecule has 0 fully saturated rings. The molecule has 0 radical (unpaired) electrons. The molecular formula is C14H17NO3. The molecule has 0 aliphatic carbocycles. The van der Waals surface area contributed by atoms with E-state index in [0.29, 0.717) is 6.54 Å². The smallest absolute Gasteiger partial charge is 0.410 e. The van der Waals surface area contributed by atoms with E-state index in [2.05, 4.69) is 6.58 Å². The molecule has 0 spiro atoms. The summed E-state index contributed by atoms with van der Waals surface area (Å²) in [4.78, 5) is 24.1. The van der Waals surface area contributed by atoms with Gasteiger partial charge in [-0.25, -0.2) is 4.79 Å². The zero-order valence-electron chi connectivity index (χ0n) is 10.5. The average Bonchev–Trinajstić information content (AvgIpc) is 2.36. The highest BCUT2D eigenvalue weighted by atomic mass is 16.6. The number of nitrogens with zero attached hydrogens (tertiary/aromatic N) is 1. The van der Waals surface area contributed by atoms with Crippen LogP contribution in [0.3, 0.4) is 0 Å². The third-order valence-corrected chi connectivity index (χ3v) is 2.23. The molecule has 4 nitrogen and oxygen atoms in total. The number of amides is 1. The maximum absolute atomic E-state index is 11.7. The molecule has 0 saturated carbocycles. The summed E-state index contributed by atoms with van der Waals surface area (Å²) in [5, 5.41) is 0. The molecule has 0 aromatic heterocycles. The Labute approximate surface area is 107 Å². The van der Waals surface area contributed by atoms with Crippen molar-refractivity contribution in [3.63, 3.8) is 0 Å². The predicted octanol–water partition coefficient (Wildman–Crippen LogP) is 2.40. The minimum Gasteiger partial charge on any atom is -0.445 e. The Kier molecular flexibility index (Phi) is 5.64. The van der Waals surface area contributed by atoms with Gasteiger partial charge in [-0.05, 0) is 12.5 Å². The molecule has 0 unspecified atom stereocenters. The number of ketones is 1. The van der Waals surface area contributed by atoms with E-state index < -0.39 is 6.09 Å². The van der Waals surface area contributed by atoms with Crippen LogP contribution in [0.25, 0.3) is 0 Å². The first-order valence-electron chi connectivity index (χ1n) is 5.69. The first-order chi connectivity index (χ1) is 8.63. The van der Waals surface area contributed by atoms with Gasteiger partial charge in [-0.1, -0.05) is 36.4 Å². The van der Waals surface area contributed by atoms with Crippen LogP contribution in [0, 0.1) is 0 Å². The predicted molar refractivity (Wildman–Crippen MR) is 69.1 cm³/mol. The van der Waals surface area contributed by atoms with E-state index in [0.717, 1.165) is 5.56 Å². The number of carbonyl (C=O) groups is 2. The van der Waals surface area contributed by atoms with Gasteiger partial charge in [-0.15, -0.1) is 6.58 Å². The average molecular weight is 247 g/mol. The number of rotatable bonds is 6. The maximum Gasteiger partial charge on any atom is 0.410 e. The minimum atomic E-state index is -0.506. The Morgan fingerprint density at radius 3 is 2.56 bits per heavy atom. The van der Waals surface area contributed by atoms with Crippen molar-refractivity contribution in [2.45, 2.75) is 13.5 Å². The van der Waals surface area contributed by atoms with Gasteiger partial charge in [-0.2, -0.15) is 0 Å². The first-order valence-corrected chi connectivity index (χ1v) is 5.69. The summed E-state index contributed by atoms with van der Waals surface area (Å²) in [6, 6.07) is 9.39. The van der Waals surface area contributed by atoms with Crippen molar-refractivity contribution in [1.29, 1.82) is 0 Å². The molecule has 0 bridgehead atoms. The molecular weight excluding hydrogens is 230 g/mol. The molecule has 0 aliphatic rings. The van der Waals surface area contributed by atoms with E-state index >= 15 is 0 Å². The summed E-state index contributed by atoms with van der Waals surface area (Å²) >= 11 is 0. The highest BCUT2D eigenvalue weighted by molar-refractivity contribution is 5.82. The Balaban J connectivity index is 2.51. The van der Waals surface area contributed by atoms with Gasteiger partial charge in [0.1, 0.15) is 12.4 Å². The van der Waals surface area contributed by atoms with Crippen molar-refractivity contribution in [2.24, 2.45) is 0 Å². The second-order valence-corrected chi connectivity index (χ2v) is 3.91. The molecule has 4 heteroatoms. The molecule has 0 aliphatic heterocycles. The standard InChI is InChI=1S/C14H17NO3/c1-3-9-15(10-12(2)16)14(17)18-11-13-7-5-4-6-8-13/h3-8H,1,9-11H2,2H3. The third-order valence-electron chi connectivity index (χ3n) is 2.23. The minimum absolute atomic E-state index is 0.0413. The van der Waals surface area contributed by atoms with Crippen molar-refractivity contribution in [2.75, 3.05) is 13.1 Å². The summed E-state index contributed by atoms with van der Waals surface area (Å²) < 4.78 is 5.13. The zero-order chi connectivity index (χ0) is 13.4. The van der Waals surface area contributed by atoms with Crippen molar-refractivity contribution >= 4 is 11.9 Å². The Morgan fingerprint density at radius 1 is 1.33 bits per heavy atom. The number of benzene rings is 1. The lowest BCUT2D eigenvalue weighted by Crippen LogP contribution is -2.35. The molecule has 1 rings (SSSR count). The number of Topliss-reactive ketones (excluding diaryl/α,β-unsaturated/α-hetero) is 1. The van der Waals surface area contributed by atoms with Crippen LogP contribution < -0.4 is 0 Å². The lowest BCUT2D eigenvalue weighted by Gasteiger charge is -2.19. The quantitative estimate of drug-likeness (QED) is 0.725. The number of ether oxygens (including phenoxy) is 1. The van der Waals surface area contributed by atoms with Gasteiger partial charge in [0.25, 0.3) is 0 Å². The molecule has 18 heavy (non-hydrogen) atoms. The highest BCUT2D eigenvalue weighted by Gasteiger charge is 2.15. The van der Waals surface area contributed by atoms with E-state index in [1.807, 2.05) is 30.3 Å². The van der Waals surface area contributed by atoms with Gasteiger partial charge in [-0.3, -0.25) is 9.69 Å². The van der Waals surface area contributed by atoms with Gasteiger partial charge >= 0.3 is 6.09 Å². The van der Waals surface area contributed by atoms with Gasteiger partial charge in [0.05, 0.1) is 6.54 Å². The fraction of sp³-hybridized carbons (Fsp3) is 0.286. The van der Waals surface area contributed by atoms with Gasteiger partial charge < -0.3 is 4.74 Å². The number of carbonyl (C=O) groups excluding carboxylic acids is 2. The second kappa shape index (κ2) is 7.27. The fourth-order valence-corrected chi connectivity index (χ4v) is 1.44. The summed E-state index contributed by atoms with van der Waals surface area (Å²) in [6.07, 6.45) is 1.06. The maximum atomic E-state index is 11.7. The molecule has 0 saturated heterocycles. The highest BCUT2D eigenvalue weighted by Crippen LogP contribution is 2.03. The van der Waals surface area contributed by atoms with Crippen molar-refractivity contribution < 1.29 is 14.3 Å². The van der Waals surface area contributed by atoms with E-state index in [9.17, 15) is 9.59 Å². The van der Waals surface area contributed by atoms with Crippen LogP contribution in [-0.4, -0.2) is 29.9 Å². The summed E-state index contributed by atoms with van der Waals surface area (Å²) in [7, 11) is 0. The van der Waals surface area contributed by atoms with Crippen molar-refractivity contribution in [3.8, 4) is 0 Å². The zero-order valence-corrected chi connectivity index (χ0v) is 10.5. The Morgan fingerprint density at radius 2 is 2.00 bits per heavy atom. The lowest BCUT2D eigenvalue weighted by molar-refractivity contribution is -0.117. The van der Waals surface area contributed by atoms with E-state index in [4.69, 9.17) is 4.74 Å². The Bertz CT molecular complexity index is 414. The summed E-state index contributed by atoms with van der Waals surface area (Å²) in [5.41, 5.74) is 0.909. The molecule has 0 heterocycles. The van der Waals surface area contributed by atoms with Crippen LogP contribution in [-0.2, 0) is 16.1 Å².